The molecule has 2 aliphatic heterocycles. The molecule has 0 saturated carbocycles. The molecular weight excluding hydrogens is 490 g/mol. The van der Waals surface area contributed by atoms with Crippen molar-refractivity contribution in [1.29, 1.82) is 0 Å². The highest BCUT2D eigenvalue weighted by molar-refractivity contribution is 5.92. The van der Waals surface area contributed by atoms with Crippen LogP contribution in [0.15, 0.2) is 54.7 Å². The summed E-state index contributed by atoms with van der Waals surface area (Å²) >= 11 is 0. The zero-order valence-corrected chi connectivity index (χ0v) is 22.9. The van der Waals surface area contributed by atoms with E-state index in [1.165, 1.54) is 0 Å². The van der Waals surface area contributed by atoms with Gasteiger partial charge < -0.3 is 25.8 Å². The number of piperidine rings is 1. The molecule has 5 rings (SSSR count). The smallest absolute Gasteiger partial charge is 0.245 e. The topological polar surface area (TPSA) is 112 Å². The van der Waals surface area contributed by atoms with Crippen molar-refractivity contribution in [3.63, 3.8) is 0 Å². The van der Waals surface area contributed by atoms with Crippen LogP contribution in [0, 0.1) is 5.41 Å². The van der Waals surface area contributed by atoms with Gasteiger partial charge in [0.2, 0.25) is 18.2 Å². The minimum atomic E-state index is -0.732. The number of aromatic amines is 1. The van der Waals surface area contributed by atoms with Crippen LogP contribution < -0.4 is 16.0 Å². The van der Waals surface area contributed by atoms with Crippen LogP contribution in [0.5, 0.6) is 0 Å². The molecule has 3 heterocycles. The monoisotopic (exact) mass is 529 g/mol. The third-order valence-corrected chi connectivity index (χ3v) is 8.98. The number of carbonyl (C=O) groups excluding carboxylic acids is 3. The van der Waals surface area contributed by atoms with E-state index in [0.717, 1.165) is 53.4 Å². The Bertz CT molecular complexity index is 1370. The van der Waals surface area contributed by atoms with Gasteiger partial charge in [-0.05, 0) is 61.9 Å². The zero-order chi connectivity index (χ0) is 27.6. The summed E-state index contributed by atoms with van der Waals surface area (Å²) in [7, 11) is 0. The van der Waals surface area contributed by atoms with Crippen molar-refractivity contribution in [3.8, 4) is 0 Å². The molecule has 1 saturated heterocycles. The summed E-state index contributed by atoms with van der Waals surface area (Å²) < 4.78 is 0. The predicted molar refractivity (Wildman–Crippen MR) is 153 cm³/mol. The number of fused-ring (bicyclic) bond motifs is 2. The molecule has 3 atom stereocenters. The highest BCUT2D eigenvalue weighted by atomic mass is 16.2. The summed E-state index contributed by atoms with van der Waals surface area (Å²) in [6, 6.07) is 15.2. The molecule has 4 N–H and O–H groups in total. The molecule has 8 nitrogen and oxygen atoms in total. The summed E-state index contributed by atoms with van der Waals surface area (Å²) in [5.74, 6) is -0.260. The number of nitrogens with zero attached hydrogens (tertiary/aromatic N) is 2. The van der Waals surface area contributed by atoms with Crippen molar-refractivity contribution >= 4 is 34.8 Å². The Labute approximate surface area is 229 Å². The van der Waals surface area contributed by atoms with Crippen LogP contribution in [0.1, 0.15) is 50.7 Å². The lowest BCUT2D eigenvalue weighted by Gasteiger charge is -2.45. The van der Waals surface area contributed by atoms with Crippen molar-refractivity contribution in [3.05, 3.63) is 65.9 Å². The predicted octanol–water partition coefficient (Wildman–Crippen LogP) is 3.54. The van der Waals surface area contributed by atoms with E-state index in [9.17, 15) is 14.4 Å². The lowest BCUT2D eigenvalue weighted by molar-refractivity contribution is -0.141. The summed E-state index contributed by atoms with van der Waals surface area (Å²) in [5, 5.41) is 4.17. The van der Waals surface area contributed by atoms with Crippen molar-refractivity contribution < 1.29 is 14.4 Å². The molecule has 0 bridgehead atoms. The van der Waals surface area contributed by atoms with Gasteiger partial charge in [0.25, 0.3) is 0 Å². The summed E-state index contributed by atoms with van der Waals surface area (Å²) in [5.41, 5.74) is 8.75. The number of amides is 3. The Morgan fingerprint density at radius 1 is 1.21 bits per heavy atom. The fourth-order valence-electron chi connectivity index (χ4n) is 6.44. The number of rotatable bonds is 9. The molecule has 0 aliphatic carbocycles. The highest BCUT2D eigenvalue weighted by Crippen LogP contribution is 2.42. The number of benzene rings is 2. The third kappa shape index (κ3) is 4.93. The van der Waals surface area contributed by atoms with Gasteiger partial charge in [-0.3, -0.25) is 14.4 Å². The second kappa shape index (κ2) is 10.8. The Morgan fingerprint density at radius 3 is 2.74 bits per heavy atom. The number of likely N-dealkylation sites (tertiary alicyclic amines) is 1. The summed E-state index contributed by atoms with van der Waals surface area (Å²) in [6.07, 6.45) is 6.71. The quantitative estimate of drug-likeness (QED) is 0.368. The van der Waals surface area contributed by atoms with Crippen molar-refractivity contribution in [2.24, 2.45) is 11.1 Å². The van der Waals surface area contributed by atoms with Crippen LogP contribution in [0.2, 0.25) is 0 Å². The summed E-state index contributed by atoms with van der Waals surface area (Å²) in [6.45, 7) is 5.32. The molecule has 3 amide bonds. The Hall–Kier alpha value is -3.65. The van der Waals surface area contributed by atoms with Gasteiger partial charge in [-0.1, -0.05) is 50.2 Å². The van der Waals surface area contributed by atoms with Crippen LogP contribution >= 0.6 is 0 Å². The first-order chi connectivity index (χ1) is 18.8. The Kier molecular flexibility index (Phi) is 7.49. The first-order valence-electron chi connectivity index (χ1n) is 14.0. The van der Waals surface area contributed by atoms with E-state index in [4.69, 9.17) is 5.73 Å². The molecule has 206 valence electrons. The number of hydrogen-bond donors (Lipinski definition) is 3. The van der Waals surface area contributed by atoms with Gasteiger partial charge in [-0.25, -0.2) is 0 Å². The van der Waals surface area contributed by atoms with E-state index in [0.29, 0.717) is 38.9 Å². The van der Waals surface area contributed by atoms with Gasteiger partial charge in [-0.2, -0.15) is 0 Å². The number of aromatic nitrogens is 1. The molecule has 2 unspecified atom stereocenters. The van der Waals surface area contributed by atoms with Crippen molar-refractivity contribution in [1.82, 2.24) is 15.2 Å². The van der Waals surface area contributed by atoms with Gasteiger partial charge in [0.1, 0.15) is 6.04 Å². The van der Waals surface area contributed by atoms with E-state index >= 15 is 0 Å². The van der Waals surface area contributed by atoms with Gasteiger partial charge in [-0.15, -0.1) is 0 Å². The molecule has 39 heavy (non-hydrogen) atoms. The van der Waals surface area contributed by atoms with Gasteiger partial charge in [0.05, 0.1) is 5.54 Å². The van der Waals surface area contributed by atoms with E-state index in [-0.39, 0.29) is 11.8 Å². The minimum Gasteiger partial charge on any atom is -0.361 e. The molecule has 1 fully saturated rings. The highest BCUT2D eigenvalue weighted by Gasteiger charge is 2.48. The molecule has 3 aromatic rings. The fraction of sp³-hybridized carbons (Fsp3) is 0.452. The number of nitrogens with two attached hydrogens (primary N) is 1. The lowest BCUT2D eigenvalue weighted by Crippen LogP contribution is -2.62. The maximum absolute atomic E-state index is 14.2. The first kappa shape index (κ1) is 26.9. The van der Waals surface area contributed by atoms with Gasteiger partial charge in [0, 0.05) is 47.7 Å². The van der Waals surface area contributed by atoms with E-state index in [1.54, 1.807) is 0 Å². The standard InChI is InChI=1S/C31H39N5O3/c1-3-30(2,14-15-32)29(39)34-26(17-23-19-33-25-11-6-5-10-24(23)25)28(38)35-16-8-13-31(20-35)18-22-9-4-7-12-27(22)36(31)21-37/h4-7,9-12,19,21,26,33H,3,8,13-18,20,32H2,1-2H3,(H,34,39)/t26-,30?,31?/m1/s1. The Morgan fingerprint density at radius 2 is 1.97 bits per heavy atom. The van der Waals surface area contributed by atoms with E-state index in [1.807, 2.05) is 72.3 Å². The normalized spacial score (nSPS) is 21.0. The largest absolute Gasteiger partial charge is 0.361 e. The number of anilines is 1. The average molecular weight is 530 g/mol. The van der Waals surface area contributed by atoms with E-state index in [2.05, 4.69) is 16.4 Å². The van der Waals surface area contributed by atoms with Crippen LogP contribution in [0.3, 0.4) is 0 Å². The maximum Gasteiger partial charge on any atom is 0.245 e. The first-order valence-corrected chi connectivity index (χ1v) is 14.0. The third-order valence-electron chi connectivity index (χ3n) is 8.98. The average Bonchev–Trinajstić information content (AvgIpc) is 3.49. The molecular formula is C31H39N5O3. The molecule has 0 radical (unpaired) electrons. The zero-order valence-electron chi connectivity index (χ0n) is 22.9. The molecule has 2 aliphatic rings. The second-order valence-electron chi connectivity index (χ2n) is 11.4. The minimum absolute atomic E-state index is 0.110. The van der Waals surface area contributed by atoms with Crippen LogP contribution in [0.25, 0.3) is 10.9 Å². The molecule has 8 heteroatoms. The number of hydrogen-bond acceptors (Lipinski definition) is 4. The van der Waals surface area contributed by atoms with Gasteiger partial charge >= 0.3 is 0 Å². The second-order valence-corrected chi connectivity index (χ2v) is 11.4. The summed E-state index contributed by atoms with van der Waals surface area (Å²) in [4.78, 5) is 47.1. The fourth-order valence-corrected chi connectivity index (χ4v) is 6.44. The maximum atomic E-state index is 14.2. The number of H-pyrrole nitrogens is 1. The number of carbonyl (C=O) groups is 3. The lowest BCUT2D eigenvalue weighted by atomic mass is 9.82. The molecule has 2 aromatic carbocycles. The van der Waals surface area contributed by atoms with Crippen LogP contribution in [-0.2, 0) is 27.2 Å². The number of nitrogens with one attached hydrogen (secondary N) is 2. The van der Waals surface area contributed by atoms with Crippen LogP contribution in [0.4, 0.5) is 5.69 Å². The molecule has 1 aromatic heterocycles. The van der Waals surface area contributed by atoms with Crippen molar-refractivity contribution in [2.75, 3.05) is 24.5 Å². The Balaban J connectivity index is 1.43. The van der Waals surface area contributed by atoms with Crippen molar-refractivity contribution in [2.45, 2.75) is 64.0 Å². The van der Waals surface area contributed by atoms with Gasteiger partial charge in [0.15, 0.2) is 0 Å². The number of para-hydroxylation sites is 2. The SMILES string of the molecule is CCC(C)(CCN)C(=O)N[C@H](Cc1c[nH]c2ccccc12)C(=O)N1CCCC2(Cc3ccccc3N2C=O)C1. The molecule has 1 spiro atoms. The van der Waals surface area contributed by atoms with E-state index < -0.39 is 17.0 Å². The van der Waals surface area contributed by atoms with Crippen LogP contribution in [-0.4, -0.2) is 59.3 Å².